The summed E-state index contributed by atoms with van der Waals surface area (Å²) in [5, 5.41) is 2.99. The van der Waals surface area contributed by atoms with Gasteiger partial charge in [0.2, 0.25) is 0 Å². The van der Waals surface area contributed by atoms with Crippen molar-refractivity contribution in [1.82, 2.24) is 5.32 Å². The number of halogens is 1. The van der Waals surface area contributed by atoms with E-state index in [1.165, 1.54) is 31.2 Å². The third-order valence-electron chi connectivity index (χ3n) is 2.72. The highest BCUT2D eigenvalue weighted by Crippen LogP contribution is 2.07. The Kier molecular flexibility index (Phi) is 6.90. The highest BCUT2D eigenvalue weighted by molar-refractivity contribution is 6.67. The van der Waals surface area contributed by atoms with Crippen molar-refractivity contribution in [1.29, 1.82) is 0 Å². The molecule has 2 nitrogen and oxygen atoms in total. The van der Waals surface area contributed by atoms with Gasteiger partial charge in [-0.3, -0.25) is 4.79 Å². The van der Waals surface area contributed by atoms with Gasteiger partial charge in [-0.25, -0.2) is 0 Å². The summed E-state index contributed by atoms with van der Waals surface area (Å²) in [5.74, 6) is 0. The lowest BCUT2D eigenvalue weighted by Gasteiger charge is -2.05. The second-order valence-corrected chi connectivity index (χ2v) is 4.55. The topological polar surface area (TPSA) is 29.1 Å². The Balaban J connectivity index is 2.21. The van der Waals surface area contributed by atoms with Crippen molar-refractivity contribution < 1.29 is 4.79 Å². The van der Waals surface area contributed by atoms with E-state index >= 15 is 0 Å². The van der Waals surface area contributed by atoms with E-state index < -0.39 is 5.24 Å². The van der Waals surface area contributed by atoms with Gasteiger partial charge in [-0.2, -0.15) is 0 Å². The lowest BCUT2D eigenvalue weighted by atomic mass is 10.1. The van der Waals surface area contributed by atoms with Crippen molar-refractivity contribution >= 4 is 16.8 Å². The lowest BCUT2D eigenvalue weighted by Crippen LogP contribution is -2.14. The number of hydrogen-bond donors (Lipinski definition) is 1. The second-order valence-electron chi connectivity index (χ2n) is 4.21. The standard InChI is InChI=1S/C14H20ClNO/c1-2-3-4-5-10-16-11-12-6-8-13(9-7-12)14(15)17/h6-9,16H,2-5,10-11H2,1H3. The van der Waals surface area contributed by atoms with Crippen LogP contribution < -0.4 is 5.32 Å². The summed E-state index contributed by atoms with van der Waals surface area (Å²) in [7, 11) is 0. The van der Waals surface area contributed by atoms with E-state index in [1.807, 2.05) is 12.1 Å². The Labute approximate surface area is 108 Å². The third kappa shape index (κ3) is 5.85. The van der Waals surface area contributed by atoms with Gasteiger partial charge in [-0.05, 0) is 42.3 Å². The number of unbranched alkanes of at least 4 members (excludes halogenated alkanes) is 3. The maximum atomic E-state index is 10.9. The van der Waals surface area contributed by atoms with Gasteiger partial charge < -0.3 is 5.32 Å². The number of benzene rings is 1. The average molecular weight is 254 g/mol. The van der Waals surface area contributed by atoms with Crippen molar-refractivity contribution in [2.45, 2.75) is 39.2 Å². The van der Waals surface area contributed by atoms with Gasteiger partial charge in [0, 0.05) is 12.1 Å². The van der Waals surface area contributed by atoms with E-state index in [1.54, 1.807) is 12.1 Å². The van der Waals surface area contributed by atoms with Gasteiger partial charge in [0.15, 0.2) is 0 Å². The first-order valence-corrected chi connectivity index (χ1v) is 6.61. The zero-order chi connectivity index (χ0) is 12.5. The molecule has 0 aromatic heterocycles. The summed E-state index contributed by atoms with van der Waals surface area (Å²) in [6.45, 7) is 4.12. The zero-order valence-electron chi connectivity index (χ0n) is 10.3. The van der Waals surface area contributed by atoms with E-state index in [0.717, 1.165) is 13.1 Å². The van der Waals surface area contributed by atoms with Gasteiger partial charge in [-0.15, -0.1) is 0 Å². The van der Waals surface area contributed by atoms with Crippen LogP contribution >= 0.6 is 11.6 Å². The van der Waals surface area contributed by atoms with Gasteiger partial charge in [0.05, 0.1) is 0 Å². The molecule has 1 aromatic carbocycles. The quantitative estimate of drug-likeness (QED) is 0.565. The maximum Gasteiger partial charge on any atom is 0.252 e. The van der Waals surface area contributed by atoms with Crippen molar-refractivity contribution in [3.63, 3.8) is 0 Å². The smallest absolute Gasteiger partial charge is 0.252 e. The number of rotatable bonds is 8. The summed E-state index contributed by atoms with van der Waals surface area (Å²) < 4.78 is 0. The van der Waals surface area contributed by atoms with Crippen LogP contribution in [0.15, 0.2) is 24.3 Å². The monoisotopic (exact) mass is 253 g/mol. The van der Waals surface area contributed by atoms with Crippen LogP contribution in [0.5, 0.6) is 0 Å². The zero-order valence-corrected chi connectivity index (χ0v) is 11.1. The number of hydrogen-bond acceptors (Lipinski definition) is 2. The summed E-state index contributed by atoms with van der Waals surface area (Å²) in [4.78, 5) is 10.9. The first kappa shape index (κ1) is 14.2. The molecule has 94 valence electrons. The highest BCUT2D eigenvalue weighted by Gasteiger charge is 2.00. The predicted octanol–water partition coefficient (Wildman–Crippen LogP) is 3.74. The van der Waals surface area contributed by atoms with Gasteiger partial charge >= 0.3 is 0 Å². The molecule has 0 amide bonds. The first-order valence-electron chi connectivity index (χ1n) is 6.23. The van der Waals surface area contributed by atoms with Crippen LogP contribution in [0.1, 0.15) is 48.5 Å². The molecule has 0 aliphatic heterocycles. The van der Waals surface area contributed by atoms with Crippen LogP contribution in [0.2, 0.25) is 0 Å². The number of carbonyl (C=O) groups excluding carboxylic acids is 1. The Morgan fingerprint density at radius 2 is 1.88 bits per heavy atom. The van der Waals surface area contributed by atoms with Crippen LogP contribution in [0.4, 0.5) is 0 Å². The normalized spacial score (nSPS) is 10.5. The van der Waals surface area contributed by atoms with E-state index in [0.29, 0.717) is 5.56 Å². The lowest BCUT2D eigenvalue weighted by molar-refractivity contribution is 0.108. The molecule has 0 heterocycles. The van der Waals surface area contributed by atoms with E-state index in [9.17, 15) is 4.79 Å². The molecular formula is C14H20ClNO. The van der Waals surface area contributed by atoms with Gasteiger partial charge in [0.25, 0.3) is 5.24 Å². The Morgan fingerprint density at radius 1 is 1.18 bits per heavy atom. The summed E-state index contributed by atoms with van der Waals surface area (Å²) >= 11 is 5.38. The fraction of sp³-hybridized carbons (Fsp3) is 0.500. The van der Waals surface area contributed by atoms with Crippen LogP contribution in [0.25, 0.3) is 0 Å². The summed E-state index contributed by atoms with van der Waals surface area (Å²) in [6.07, 6.45) is 5.11. The van der Waals surface area contributed by atoms with E-state index in [-0.39, 0.29) is 0 Å². The molecule has 0 spiro atoms. The van der Waals surface area contributed by atoms with Gasteiger partial charge in [-0.1, -0.05) is 38.3 Å². The molecule has 0 atom stereocenters. The SMILES string of the molecule is CCCCCCNCc1ccc(C(=O)Cl)cc1. The van der Waals surface area contributed by atoms with Crippen molar-refractivity contribution in [2.24, 2.45) is 0 Å². The maximum absolute atomic E-state index is 10.9. The second kappa shape index (κ2) is 8.26. The highest BCUT2D eigenvalue weighted by atomic mass is 35.5. The van der Waals surface area contributed by atoms with Crippen molar-refractivity contribution in [3.8, 4) is 0 Å². The first-order chi connectivity index (χ1) is 8.24. The fourth-order valence-corrected chi connectivity index (χ4v) is 1.79. The van der Waals surface area contributed by atoms with Crippen LogP contribution in [0, 0.1) is 0 Å². The minimum Gasteiger partial charge on any atom is -0.313 e. The largest absolute Gasteiger partial charge is 0.313 e. The molecule has 0 aliphatic rings. The third-order valence-corrected chi connectivity index (χ3v) is 2.94. The fourth-order valence-electron chi connectivity index (χ4n) is 1.66. The summed E-state index contributed by atoms with van der Waals surface area (Å²) in [5.41, 5.74) is 1.74. The molecule has 0 unspecified atom stereocenters. The molecule has 0 aliphatic carbocycles. The van der Waals surface area contributed by atoms with Crippen LogP contribution in [-0.2, 0) is 6.54 Å². The number of nitrogens with one attached hydrogen (secondary N) is 1. The molecule has 0 saturated carbocycles. The van der Waals surface area contributed by atoms with Crippen molar-refractivity contribution in [3.05, 3.63) is 35.4 Å². The number of carbonyl (C=O) groups is 1. The van der Waals surface area contributed by atoms with Crippen LogP contribution in [0.3, 0.4) is 0 Å². The molecule has 0 bridgehead atoms. The predicted molar refractivity (Wildman–Crippen MR) is 72.5 cm³/mol. The molecule has 1 N–H and O–H groups in total. The molecule has 0 saturated heterocycles. The van der Waals surface area contributed by atoms with Gasteiger partial charge in [0.1, 0.15) is 0 Å². The Bertz CT molecular complexity index is 335. The molecule has 1 rings (SSSR count). The molecule has 3 heteroatoms. The molecule has 1 aromatic rings. The molecular weight excluding hydrogens is 234 g/mol. The minimum absolute atomic E-state index is 0.399. The Hall–Kier alpha value is -0.860. The average Bonchev–Trinajstić information content (AvgIpc) is 2.34. The van der Waals surface area contributed by atoms with E-state index in [4.69, 9.17) is 11.6 Å². The summed E-state index contributed by atoms with van der Waals surface area (Å²) in [6, 6.07) is 7.41. The molecule has 0 fully saturated rings. The minimum atomic E-state index is -0.399. The van der Waals surface area contributed by atoms with Crippen molar-refractivity contribution in [2.75, 3.05) is 6.54 Å². The van der Waals surface area contributed by atoms with E-state index in [2.05, 4.69) is 12.2 Å². The Morgan fingerprint density at radius 3 is 2.47 bits per heavy atom. The molecule has 17 heavy (non-hydrogen) atoms. The van der Waals surface area contributed by atoms with Crippen LogP contribution in [-0.4, -0.2) is 11.8 Å². The molecule has 0 radical (unpaired) electrons.